The first kappa shape index (κ1) is 6.20. The van der Waals surface area contributed by atoms with Crippen LogP contribution in [-0.2, 0) is 4.79 Å². The molecular formula is C7H7FO. The molecule has 0 N–H and O–H groups in total. The number of hydrogen-bond donors (Lipinski definition) is 0. The Bertz CT molecular complexity index is 170. The van der Waals surface area contributed by atoms with Crippen LogP contribution in [0.15, 0.2) is 24.1 Å². The summed E-state index contributed by atoms with van der Waals surface area (Å²) in [4.78, 5) is 10.1. The van der Waals surface area contributed by atoms with E-state index in [0.29, 0.717) is 12.7 Å². The van der Waals surface area contributed by atoms with Crippen molar-refractivity contribution < 1.29 is 9.18 Å². The minimum Gasteiger partial charge on any atom is -0.303 e. The summed E-state index contributed by atoms with van der Waals surface area (Å²) >= 11 is 0. The highest BCUT2D eigenvalue weighted by atomic mass is 19.1. The zero-order valence-electron chi connectivity index (χ0n) is 4.88. The first-order valence-corrected chi connectivity index (χ1v) is 2.82. The fourth-order valence-corrected chi connectivity index (χ4v) is 0.742. The van der Waals surface area contributed by atoms with Gasteiger partial charge in [0.05, 0.1) is 5.92 Å². The number of hydrogen-bond acceptors (Lipinski definition) is 1. The number of rotatable bonds is 1. The van der Waals surface area contributed by atoms with Gasteiger partial charge in [0.2, 0.25) is 0 Å². The Kier molecular flexibility index (Phi) is 1.78. The standard InChI is InChI=1S/C7H7FO/c8-7-4-2-1-3-6(7)5-9/h1-2,4-6H,3H2. The maximum Gasteiger partial charge on any atom is 0.130 e. The van der Waals surface area contributed by atoms with Crippen LogP contribution in [0.5, 0.6) is 0 Å². The van der Waals surface area contributed by atoms with Crippen LogP contribution in [0.25, 0.3) is 0 Å². The third kappa shape index (κ3) is 1.25. The minimum absolute atomic E-state index is 0.326. The van der Waals surface area contributed by atoms with Crippen molar-refractivity contribution in [3.63, 3.8) is 0 Å². The van der Waals surface area contributed by atoms with Gasteiger partial charge in [-0.15, -0.1) is 0 Å². The van der Waals surface area contributed by atoms with E-state index in [0.717, 1.165) is 0 Å². The third-order valence-corrected chi connectivity index (χ3v) is 1.30. The minimum atomic E-state index is -0.519. The molecular weight excluding hydrogens is 119 g/mol. The predicted octanol–water partition coefficient (Wildman–Crippen LogP) is 1.61. The predicted molar refractivity (Wildman–Crippen MR) is 32.5 cm³/mol. The highest BCUT2D eigenvalue weighted by molar-refractivity contribution is 5.59. The quantitative estimate of drug-likeness (QED) is 0.488. The normalized spacial score (nSPS) is 25.4. The molecule has 0 fully saturated rings. The Balaban J connectivity index is 2.69. The molecule has 1 atom stereocenters. The van der Waals surface area contributed by atoms with Gasteiger partial charge in [0.1, 0.15) is 12.1 Å². The molecule has 2 heteroatoms. The molecule has 0 aromatic heterocycles. The lowest BCUT2D eigenvalue weighted by Gasteiger charge is -2.06. The molecule has 0 heterocycles. The van der Waals surface area contributed by atoms with Crippen LogP contribution in [0.4, 0.5) is 4.39 Å². The Hall–Kier alpha value is -0.920. The number of carbonyl (C=O) groups is 1. The van der Waals surface area contributed by atoms with E-state index in [2.05, 4.69) is 0 Å². The molecule has 0 saturated heterocycles. The van der Waals surface area contributed by atoms with Gasteiger partial charge < -0.3 is 4.79 Å². The van der Waals surface area contributed by atoms with E-state index in [1.807, 2.05) is 0 Å². The molecule has 48 valence electrons. The van der Waals surface area contributed by atoms with Crippen LogP contribution < -0.4 is 0 Å². The molecule has 0 saturated carbocycles. The molecule has 1 aliphatic rings. The topological polar surface area (TPSA) is 17.1 Å². The van der Waals surface area contributed by atoms with Gasteiger partial charge in [0, 0.05) is 0 Å². The van der Waals surface area contributed by atoms with Gasteiger partial charge in [-0.05, 0) is 12.5 Å². The summed E-state index contributed by atoms with van der Waals surface area (Å²) in [6, 6.07) is 0. The summed E-state index contributed by atoms with van der Waals surface area (Å²) in [5.74, 6) is -0.845. The first-order chi connectivity index (χ1) is 4.34. The van der Waals surface area contributed by atoms with Gasteiger partial charge in [-0.2, -0.15) is 0 Å². The van der Waals surface area contributed by atoms with Crippen LogP contribution >= 0.6 is 0 Å². The van der Waals surface area contributed by atoms with Gasteiger partial charge in [0.25, 0.3) is 0 Å². The van der Waals surface area contributed by atoms with Crippen LogP contribution in [0.3, 0.4) is 0 Å². The monoisotopic (exact) mass is 126 g/mol. The molecule has 1 aliphatic carbocycles. The lowest BCUT2D eigenvalue weighted by molar-refractivity contribution is -0.110. The molecule has 0 bridgehead atoms. The van der Waals surface area contributed by atoms with Gasteiger partial charge in [-0.25, -0.2) is 4.39 Å². The fourth-order valence-electron chi connectivity index (χ4n) is 0.742. The van der Waals surface area contributed by atoms with Gasteiger partial charge in [0.15, 0.2) is 0 Å². The molecule has 0 aromatic carbocycles. The molecule has 0 aromatic rings. The fraction of sp³-hybridized carbons (Fsp3) is 0.286. The third-order valence-electron chi connectivity index (χ3n) is 1.30. The van der Waals surface area contributed by atoms with E-state index in [4.69, 9.17) is 0 Å². The van der Waals surface area contributed by atoms with Crippen molar-refractivity contribution in [2.45, 2.75) is 6.42 Å². The number of carbonyl (C=O) groups excluding carboxylic acids is 1. The number of allylic oxidation sites excluding steroid dienone is 4. The number of halogens is 1. The summed E-state index contributed by atoms with van der Waals surface area (Å²) in [6.45, 7) is 0. The van der Waals surface area contributed by atoms with Crippen LogP contribution in [0.1, 0.15) is 6.42 Å². The second kappa shape index (κ2) is 2.58. The number of aldehydes is 1. The average Bonchev–Trinajstić information content (AvgIpc) is 1.89. The lowest BCUT2D eigenvalue weighted by atomic mass is 10.0. The van der Waals surface area contributed by atoms with E-state index in [1.54, 1.807) is 12.2 Å². The molecule has 0 radical (unpaired) electrons. The van der Waals surface area contributed by atoms with Crippen molar-refractivity contribution >= 4 is 6.29 Å². The van der Waals surface area contributed by atoms with Crippen molar-refractivity contribution in [3.05, 3.63) is 24.1 Å². The molecule has 0 aliphatic heterocycles. The van der Waals surface area contributed by atoms with E-state index >= 15 is 0 Å². The van der Waals surface area contributed by atoms with Crippen molar-refractivity contribution in [2.24, 2.45) is 5.92 Å². The molecule has 1 unspecified atom stereocenters. The summed E-state index contributed by atoms with van der Waals surface area (Å²) in [6.07, 6.45) is 5.86. The summed E-state index contributed by atoms with van der Waals surface area (Å²) in [5, 5.41) is 0. The first-order valence-electron chi connectivity index (χ1n) is 2.82. The Labute approximate surface area is 52.9 Å². The zero-order valence-corrected chi connectivity index (χ0v) is 4.88. The molecule has 1 nitrogen and oxygen atoms in total. The Morgan fingerprint density at radius 3 is 3.00 bits per heavy atom. The van der Waals surface area contributed by atoms with E-state index in [9.17, 15) is 9.18 Å². The highest BCUT2D eigenvalue weighted by Gasteiger charge is 2.12. The zero-order chi connectivity index (χ0) is 6.69. The maximum absolute atomic E-state index is 12.4. The van der Waals surface area contributed by atoms with Crippen LogP contribution in [0, 0.1) is 5.92 Å². The van der Waals surface area contributed by atoms with Gasteiger partial charge in [-0.1, -0.05) is 12.2 Å². The molecule has 0 amide bonds. The van der Waals surface area contributed by atoms with Crippen LogP contribution in [-0.4, -0.2) is 6.29 Å². The second-order valence-electron chi connectivity index (χ2n) is 1.96. The van der Waals surface area contributed by atoms with Gasteiger partial charge >= 0.3 is 0 Å². The highest BCUT2D eigenvalue weighted by Crippen LogP contribution is 2.18. The summed E-state index contributed by atoms with van der Waals surface area (Å²) < 4.78 is 12.4. The summed E-state index contributed by atoms with van der Waals surface area (Å²) in [5.41, 5.74) is 0. The smallest absolute Gasteiger partial charge is 0.130 e. The van der Waals surface area contributed by atoms with E-state index in [1.165, 1.54) is 6.08 Å². The second-order valence-corrected chi connectivity index (χ2v) is 1.96. The largest absolute Gasteiger partial charge is 0.303 e. The van der Waals surface area contributed by atoms with Crippen molar-refractivity contribution in [2.75, 3.05) is 0 Å². The molecule has 0 spiro atoms. The van der Waals surface area contributed by atoms with Crippen molar-refractivity contribution in [3.8, 4) is 0 Å². The Morgan fingerprint density at radius 1 is 1.78 bits per heavy atom. The van der Waals surface area contributed by atoms with E-state index < -0.39 is 5.92 Å². The Morgan fingerprint density at radius 2 is 2.56 bits per heavy atom. The van der Waals surface area contributed by atoms with Crippen molar-refractivity contribution in [1.29, 1.82) is 0 Å². The SMILES string of the molecule is O=CC1CC=CC=C1F. The lowest BCUT2D eigenvalue weighted by Crippen LogP contribution is -2.02. The molecule has 9 heavy (non-hydrogen) atoms. The van der Waals surface area contributed by atoms with Crippen molar-refractivity contribution in [1.82, 2.24) is 0 Å². The summed E-state index contributed by atoms with van der Waals surface area (Å²) in [7, 11) is 0. The van der Waals surface area contributed by atoms with Crippen LogP contribution in [0.2, 0.25) is 0 Å². The average molecular weight is 126 g/mol. The van der Waals surface area contributed by atoms with Gasteiger partial charge in [-0.3, -0.25) is 0 Å². The molecule has 1 rings (SSSR count). The van der Waals surface area contributed by atoms with E-state index in [-0.39, 0.29) is 5.83 Å². The maximum atomic E-state index is 12.4.